The van der Waals surface area contributed by atoms with Gasteiger partial charge in [-0.15, -0.1) is 11.8 Å². The molecule has 0 aromatic heterocycles. The van der Waals surface area contributed by atoms with Gasteiger partial charge in [-0.05, 0) is 18.8 Å². The lowest BCUT2D eigenvalue weighted by Crippen LogP contribution is -2.38. The van der Waals surface area contributed by atoms with Crippen molar-refractivity contribution in [3.8, 4) is 0 Å². The van der Waals surface area contributed by atoms with Crippen LogP contribution in [0.3, 0.4) is 0 Å². The van der Waals surface area contributed by atoms with Crippen LogP contribution in [0.15, 0.2) is 0 Å². The maximum absolute atomic E-state index is 9.14. The summed E-state index contributed by atoms with van der Waals surface area (Å²) in [6.45, 7) is 2.22. The van der Waals surface area contributed by atoms with E-state index in [4.69, 9.17) is 15.9 Å². The van der Waals surface area contributed by atoms with Crippen molar-refractivity contribution in [2.75, 3.05) is 13.2 Å². The molecule has 13 heavy (non-hydrogen) atoms. The Morgan fingerprint density at radius 1 is 1.38 bits per heavy atom. The average Bonchev–Trinajstić information content (AvgIpc) is 2.95. The molecule has 1 rings (SSSR count). The van der Waals surface area contributed by atoms with Crippen molar-refractivity contribution in [3.05, 3.63) is 0 Å². The minimum absolute atomic E-state index is 0.0923. The van der Waals surface area contributed by atoms with E-state index in [1.54, 1.807) is 11.8 Å². The molecule has 0 amide bonds. The molecule has 78 valence electrons. The lowest BCUT2D eigenvalue weighted by Gasteiger charge is -2.23. The second-order valence-corrected chi connectivity index (χ2v) is 5.45. The zero-order valence-electron chi connectivity index (χ0n) is 8.02. The summed E-state index contributed by atoms with van der Waals surface area (Å²) in [7, 11) is 0. The van der Waals surface area contributed by atoms with Crippen LogP contribution in [0, 0.1) is 5.92 Å². The molecule has 4 heteroatoms. The fourth-order valence-corrected chi connectivity index (χ4v) is 2.55. The Hall–Kier alpha value is 0.230. The highest BCUT2D eigenvalue weighted by Crippen LogP contribution is 2.36. The molecule has 1 fully saturated rings. The van der Waals surface area contributed by atoms with E-state index >= 15 is 0 Å². The molecule has 0 bridgehead atoms. The van der Waals surface area contributed by atoms with Crippen LogP contribution in [-0.4, -0.2) is 40.0 Å². The summed E-state index contributed by atoms with van der Waals surface area (Å²) < 4.78 is 0. The van der Waals surface area contributed by atoms with Crippen LogP contribution in [-0.2, 0) is 0 Å². The summed E-state index contributed by atoms with van der Waals surface area (Å²) in [5.74, 6) is 0.607. The number of hydrogen-bond acceptors (Lipinski definition) is 4. The average molecular weight is 205 g/mol. The molecule has 0 aromatic rings. The van der Waals surface area contributed by atoms with Crippen molar-refractivity contribution in [2.24, 2.45) is 11.7 Å². The molecule has 3 nitrogen and oxygen atoms in total. The molecule has 4 N–H and O–H groups in total. The van der Waals surface area contributed by atoms with Crippen molar-refractivity contribution in [1.82, 2.24) is 0 Å². The van der Waals surface area contributed by atoms with Gasteiger partial charge in [0, 0.05) is 16.5 Å². The van der Waals surface area contributed by atoms with Gasteiger partial charge in [0.25, 0.3) is 0 Å². The summed E-state index contributed by atoms with van der Waals surface area (Å²) >= 11 is 1.60. The minimum Gasteiger partial charge on any atom is -0.395 e. The Bertz CT molecular complexity index is 153. The molecule has 0 heterocycles. The zero-order valence-corrected chi connectivity index (χ0v) is 8.83. The zero-order chi connectivity index (χ0) is 9.84. The topological polar surface area (TPSA) is 66.5 Å². The number of aliphatic hydroxyl groups is 2. The Morgan fingerprint density at radius 2 is 2.00 bits per heavy atom. The summed E-state index contributed by atoms with van der Waals surface area (Å²) in [5.41, 5.74) is 5.97. The van der Waals surface area contributed by atoms with Crippen molar-refractivity contribution < 1.29 is 10.2 Å². The first-order chi connectivity index (χ1) is 6.19. The molecule has 3 unspecified atom stereocenters. The number of nitrogens with two attached hydrogens (primary N) is 1. The summed E-state index contributed by atoms with van der Waals surface area (Å²) in [5, 5.41) is 18.3. The van der Waals surface area contributed by atoms with E-state index in [-0.39, 0.29) is 29.8 Å². The molecule has 1 saturated carbocycles. The second kappa shape index (κ2) is 5.20. The Morgan fingerprint density at radius 3 is 2.38 bits per heavy atom. The highest BCUT2D eigenvalue weighted by Gasteiger charge is 2.34. The molecule has 1 aliphatic rings. The molecule has 0 spiro atoms. The number of rotatable bonds is 6. The van der Waals surface area contributed by atoms with Gasteiger partial charge in [0.1, 0.15) is 0 Å². The number of aliphatic hydroxyl groups excluding tert-OH is 2. The normalized spacial score (nSPS) is 24.0. The molecule has 0 radical (unpaired) electrons. The summed E-state index contributed by atoms with van der Waals surface area (Å²) in [6, 6.07) is 0.101. The first-order valence-electron chi connectivity index (χ1n) is 4.81. The highest BCUT2D eigenvalue weighted by atomic mass is 32.2. The van der Waals surface area contributed by atoms with Crippen LogP contribution < -0.4 is 5.73 Å². The van der Waals surface area contributed by atoms with E-state index in [1.165, 1.54) is 12.8 Å². The monoisotopic (exact) mass is 205 g/mol. The SMILES string of the molecule is CC(CO)SC(CO)C(N)C1CC1. The van der Waals surface area contributed by atoms with Crippen LogP contribution in [0.5, 0.6) is 0 Å². The third-order valence-corrected chi connectivity index (χ3v) is 3.87. The van der Waals surface area contributed by atoms with E-state index in [9.17, 15) is 0 Å². The van der Waals surface area contributed by atoms with Gasteiger partial charge in [-0.3, -0.25) is 0 Å². The molecule has 0 aromatic carbocycles. The van der Waals surface area contributed by atoms with Crippen molar-refractivity contribution in [1.29, 1.82) is 0 Å². The lowest BCUT2D eigenvalue weighted by atomic mass is 10.1. The van der Waals surface area contributed by atoms with Gasteiger partial charge in [-0.2, -0.15) is 0 Å². The maximum atomic E-state index is 9.14. The second-order valence-electron chi connectivity index (χ2n) is 3.77. The van der Waals surface area contributed by atoms with Crippen LogP contribution in [0.4, 0.5) is 0 Å². The van der Waals surface area contributed by atoms with E-state index in [0.717, 1.165) is 0 Å². The smallest absolute Gasteiger partial charge is 0.0565 e. The third-order valence-electron chi connectivity index (χ3n) is 2.44. The van der Waals surface area contributed by atoms with Crippen molar-refractivity contribution >= 4 is 11.8 Å². The molecular weight excluding hydrogens is 186 g/mol. The number of hydrogen-bond donors (Lipinski definition) is 3. The molecule has 3 atom stereocenters. The van der Waals surface area contributed by atoms with Gasteiger partial charge in [0.2, 0.25) is 0 Å². The van der Waals surface area contributed by atoms with Crippen LogP contribution in [0.25, 0.3) is 0 Å². The van der Waals surface area contributed by atoms with Gasteiger partial charge in [0.05, 0.1) is 13.2 Å². The molecule has 0 saturated heterocycles. The van der Waals surface area contributed by atoms with Gasteiger partial charge in [-0.25, -0.2) is 0 Å². The Labute approximate surface area is 83.7 Å². The predicted octanol–water partition coefficient (Wildman–Crippen LogP) is 0.199. The van der Waals surface area contributed by atoms with Gasteiger partial charge < -0.3 is 15.9 Å². The minimum atomic E-state index is 0.0923. The first kappa shape index (κ1) is 11.3. The van der Waals surface area contributed by atoms with Crippen molar-refractivity contribution in [3.63, 3.8) is 0 Å². The van der Waals surface area contributed by atoms with Gasteiger partial charge in [0.15, 0.2) is 0 Å². The van der Waals surface area contributed by atoms with E-state index in [1.807, 2.05) is 6.92 Å². The standard InChI is InChI=1S/C9H19NO2S/c1-6(4-11)13-8(5-12)9(10)7-2-3-7/h6-9,11-12H,2-5,10H2,1H3. The largest absolute Gasteiger partial charge is 0.395 e. The quantitative estimate of drug-likeness (QED) is 0.579. The van der Waals surface area contributed by atoms with E-state index in [2.05, 4.69) is 0 Å². The first-order valence-corrected chi connectivity index (χ1v) is 5.76. The van der Waals surface area contributed by atoms with Crippen molar-refractivity contribution in [2.45, 2.75) is 36.3 Å². The third kappa shape index (κ3) is 3.46. The van der Waals surface area contributed by atoms with Crippen LogP contribution in [0.2, 0.25) is 0 Å². The van der Waals surface area contributed by atoms with Crippen LogP contribution >= 0.6 is 11.8 Å². The van der Waals surface area contributed by atoms with E-state index < -0.39 is 0 Å². The fraction of sp³-hybridized carbons (Fsp3) is 1.00. The van der Waals surface area contributed by atoms with E-state index in [0.29, 0.717) is 5.92 Å². The Balaban J connectivity index is 2.31. The van der Waals surface area contributed by atoms with Crippen LogP contribution in [0.1, 0.15) is 19.8 Å². The van der Waals surface area contributed by atoms with Gasteiger partial charge >= 0.3 is 0 Å². The number of thioether (sulfide) groups is 1. The highest BCUT2D eigenvalue weighted by molar-refractivity contribution is 8.00. The molecule has 0 aliphatic heterocycles. The maximum Gasteiger partial charge on any atom is 0.0565 e. The summed E-state index contributed by atoms with van der Waals surface area (Å²) in [4.78, 5) is 0. The predicted molar refractivity (Wildman–Crippen MR) is 55.7 cm³/mol. The van der Waals surface area contributed by atoms with Gasteiger partial charge in [-0.1, -0.05) is 6.92 Å². The summed E-state index contributed by atoms with van der Waals surface area (Å²) in [6.07, 6.45) is 2.40. The lowest BCUT2D eigenvalue weighted by molar-refractivity contribution is 0.274. The fourth-order valence-electron chi connectivity index (χ4n) is 1.38. The Kier molecular flexibility index (Phi) is 4.52. The molecular formula is C9H19NO2S. The molecule has 1 aliphatic carbocycles.